The first kappa shape index (κ1) is 13.5. The van der Waals surface area contributed by atoms with Crippen molar-refractivity contribution in [3.8, 4) is 0 Å². The average molecular weight is 282 g/mol. The second kappa shape index (κ2) is 5.36. The summed E-state index contributed by atoms with van der Waals surface area (Å²) in [5, 5.41) is 2.55. The van der Waals surface area contributed by atoms with E-state index >= 15 is 0 Å². The Kier molecular flexibility index (Phi) is 3.81. The van der Waals surface area contributed by atoms with E-state index in [1.165, 1.54) is 12.1 Å². The molecule has 0 unspecified atom stereocenters. The number of nitrogens with one attached hydrogen (secondary N) is 1. The van der Waals surface area contributed by atoms with Gasteiger partial charge in [0.1, 0.15) is 0 Å². The molecule has 0 atom stereocenters. The molecule has 1 N–H and O–H groups in total. The van der Waals surface area contributed by atoms with Gasteiger partial charge in [-0.25, -0.2) is 8.78 Å². The van der Waals surface area contributed by atoms with E-state index in [0.29, 0.717) is 0 Å². The van der Waals surface area contributed by atoms with Crippen LogP contribution in [0.1, 0.15) is 15.9 Å². The number of halogens is 3. The van der Waals surface area contributed by atoms with Crippen LogP contribution in [0.3, 0.4) is 0 Å². The van der Waals surface area contributed by atoms with Crippen LogP contribution in [0.25, 0.3) is 0 Å². The van der Waals surface area contributed by atoms with Crippen molar-refractivity contribution in [2.24, 2.45) is 0 Å². The summed E-state index contributed by atoms with van der Waals surface area (Å²) in [7, 11) is 0. The monoisotopic (exact) mass is 281 g/mol. The number of aryl methyl sites for hydroxylation is 1. The number of hydrogen-bond acceptors (Lipinski definition) is 1. The second-order valence-corrected chi connectivity index (χ2v) is 4.45. The normalized spacial score (nSPS) is 10.3. The first-order valence-electron chi connectivity index (χ1n) is 5.50. The molecule has 0 radical (unpaired) electrons. The molecule has 0 fully saturated rings. The van der Waals surface area contributed by atoms with Gasteiger partial charge in [-0.2, -0.15) is 0 Å². The van der Waals surface area contributed by atoms with Gasteiger partial charge in [0.15, 0.2) is 11.6 Å². The van der Waals surface area contributed by atoms with E-state index in [9.17, 15) is 13.6 Å². The van der Waals surface area contributed by atoms with Crippen molar-refractivity contribution in [1.29, 1.82) is 0 Å². The molecule has 2 aromatic rings. The molecule has 0 aliphatic rings. The van der Waals surface area contributed by atoms with Gasteiger partial charge in [0, 0.05) is 0 Å². The van der Waals surface area contributed by atoms with Gasteiger partial charge in [0.2, 0.25) is 0 Å². The number of anilines is 1. The first-order valence-corrected chi connectivity index (χ1v) is 5.88. The van der Waals surface area contributed by atoms with Crippen LogP contribution in [-0.4, -0.2) is 5.91 Å². The van der Waals surface area contributed by atoms with Gasteiger partial charge in [-0.3, -0.25) is 4.79 Å². The molecule has 19 heavy (non-hydrogen) atoms. The Hall–Kier alpha value is -1.94. The Labute approximate surface area is 114 Å². The van der Waals surface area contributed by atoms with E-state index in [4.69, 9.17) is 11.6 Å². The summed E-state index contributed by atoms with van der Waals surface area (Å²) in [6.07, 6.45) is 0. The molecule has 0 aliphatic heterocycles. The molecule has 0 spiro atoms. The zero-order valence-electron chi connectivity index (χ0n) is 10.0. The smallest absolute Gasteiger partial charge is 0.257 e. The Morgan fingerprint density at radius 3 is 2.68 bits per heavy atom. The van der Waals surface area contributed by atoms with Gasteiger partial charge < -0.3 is 5.32 Å². The third kappa shape index (κ3) is 2.90. The summed E-state index contributed by atoms with van der Waals surface area (Å²) < 4.78 is 26.5. The summed E-state index contributed by atoms with van der Waals surface area (Å²) in [5.41, 5.74) is 0.835. The minimum absolute atomic E-state index is 0.213. The number of hydrogen-bond donors (Lipinski definition) is 1. The van der Waals surface area contributed by atoms with E-state index in [-0.39, 0.29) is 16.3 Å². The minimum atomic E-state index is -1.10. The van der Waals surface area contributed by atoms with Gasteiger partial charge in [-0.15, -0.1) is 0 Å². The van der Waals surface area contributed by atoms with Crippen molar-refractivity contribution in [3.63, 3.8) is 0 Å². The molecule has 5 heteroatoms. The fourth-order valence-electron chi connectivity index (χ4n) is 1.60. The second-order valence-electron chi connectivity index (χ2n) is 4.04. The topological polar surface area (TPSA) is 29.1 Å². The van der Waals surface area contributed by atoms with Crippen LogP contribution in [0.4, 0.5) is 14.5 Å². The van der Waals surface area contributed by atoms with E-state index < -0.39 is 17.5 Å². The fourth-order valence-corrected chi connectivity index (χ4v) is 1.81. The van der Waals surface area contributed by atoms with Crippen LogP contribution >= 0.6 is 11.6 Å². The van der Waals surface area contributed by atoms with Crippen molar-refractivity contribution in [1.82, 2.24) is 0 Å². The maximum atomic E-state index is 13.4. The highest BCUT2D eigenvalue weighted by Gasteiger charge is 2.14. The van der Waals surface area contributed by atoms with Crippen molar-refractivity contribution in [2.75, 3.05) is 5.32 Å². The van der Waals surface area contributed by atoms with Crippen molar-refractivity contribution in [3.05, 3.63) is 64.2 Å². The number of carbonyl (C=O) groups is 1. The standard InChI is InChI=1S/C14H10ClF2NO/c1-8-5-6-10(15)9(7-8)14(19)18-12-4-2-3-11(16)13(12)17/h2-7H,1H3,(H,18,19). The highest BCUT2D eigenvalue weighted by Crippen LogP contribution is 2.21. The van der Waals surface area contributed by atoms with Crippen LogP contribution in [-0.2, 0) is 0 Å². The third-order valence-electron chi connectivity index (χ3n) is 2.57. The fraction of sp³-hybridized carbons (Fsp3) is 0.0714. The number of amides is 1. The summed E-state index contributed by atoms with van der Waals surface area (Å²) in [6.45, 7) is 1.80. The van der Waals surface area contributed by atoms with E-state index in [1.807, 2.05) is 0 Å². The quantitative estimate of drug-likeness (QED) is 0.879. The molecule has 0 saturated heterocycles. The maximum absolute atomic E-state index is 13.4. The number of carbonyl (C=O) groups excluding carboxylic acids is 1. The lowest BCUT2D eigenvalue weighted by Gasteiger charge is -2.08. The van der Waals surface area contributed by atoms with Crippen LogP contribution in [0.15, 0.2) is 36.4 Å². The molecule has 2 nitrogen and oxygen atoms in total. The lowest BCUT2D eigenvalue weighted by molar-refractivity contribution is 0.102. The first-order chi connectivity index (χ1) is 8.99. The Balaban J connectivity index is 2.31. The molecule has 2 rings (SSSR count). The molecule has 98 valence electrons. The van der Waals surface area contributed by atoms with Crippen LogP contribution < -0.4 is 5.32 Å². The maximum Gasteiger partial charge on any atom is 0.257 e. The molecule has 2 aromatic carbocycles. The van der Waals surface area contributed by atoms with Crippen LogP contribution in [0.5, 0.6) is 0 Å². The average Bonchev–Trinajstić information content (AvgIpc) is 2.38. The summed E-state index contributed by atoms with van der Waals surface area (Å²) in [4.78, 5) is 12.0. The summed E-state index contributed by atoms with van der Waals surface area (Å²) in [5.74, 6) is -2.70. The van der Waals surface area contributed by atoms with Gasteiger partial charge in [0.05, 0.1) is 16.3 Å². The van der Waals surface area contributed by atoms with Crippen molar-refractivity contribution in [2.45, 2.75) is 6.92 Å². The predicted octanol–water partition coefficient (Wildman–Crippen LogP) is 4.18. The van der Waals surface area contributed by atoms with Crippen LogP contribution in [0.2, 0.25) is 5.02 Å². The Bertz CT molecular complexity index is 643. The molecule has 0 aromatic heterocycles. The lowest BCUT2D eigenvalue weighted by atomic mass is 10.1. The largest absolute Gasteiger partial charge is 0.319 e. The molecule has 0 aliphatic carbocycles. The predicted molar refractivity (Wildman–Crippen MR) is 70.5 cm³/mol. The van der Waals surface area contributed by atoms with Gasteiger partial charge in [0.25, 0.3) is 5.91 Å². The van der Waals surface area contributed by atoms with Gasteiger partial charge in [-0.05, 0) is 31.2 Å². The lowest BCUT2D eigenvalue weighted by Crippen LogP contribution is -2.14. The molecule has 0 heterocycles. The van der Waals surface area contributed by atoms with Gasteiger partial charge >= 0.3 is 0 Å². The Morgan fingerprint density at radius 1 is 1.21 bits per heavy atom. The highest BCUT2D eigenvalue weighted by molar-refractivity contribution is 6.34. The third-order valence-corrected chi connectivity index (χ3v) is 2.90. The van der Waals surface area contributed by atoms with E-state index in [2.05, 4.69) is 5.32 Å². The van der Waals surface area contributed by atoms with Crippen molar-refractivity contribution >= 4 is 23.2 Å². The molecular weight excluding hydrogens is 272 g/mol. The van der Waals surface area contributed by atoms with Gasteiger partial charge in [-0.1, -0.05) is 29.3 Å². The number of rotatable bonds is 2. The molecule has 0 saturated carbocycles. The zero-order chi connectivity index (χ0) is 14.0. The highest BCUT2D eigenvalue weighted by atomic mass is 35.5. The summed E-state index contributed by atoms with van der Waals surface area (Å²) in [6, 6.07) is 8.47. The van der Waals surface area contributed by atoms with E-state index in [1.54, 1.807) is 25.1 Å². The molecule has 0 bridgehead atoms. The molecular formula is C14H10ClF2NO. The SMILES string of the molecule is Cc1ccc(Cl)c(C(=O)Nc2cccc(F)c2F)c1. The minimum Gasteiger partial charge on any atom is -0.319 e. The van der Waals surface area contributed by atoms with Crippen LogP contribution in [0, 0.1) is 18.6 Å². The number of benzene rings is 2. The Morgan fingerprint density at radius 2 is 1.95 bits per heavy atom. The van der Waals surface area contributed by atoms with Crippen molar-refractivity contribution < 1.29 is 13.6 Å². The molecule has 1 amide bonds. The summed E-state index contributed by atoms with van der Waals surface area (Å²) >= 11 is 5.90. The van der Waals surface area contributed by atoms with E-state index in [0.717, 1.165) is 11.6 Å². The zero-order valence-corrected chi connectivity index (χ0v) is 10.8.